The van der Waals surface area contributed by atoms with Gasteiger partial charge in [0.25, 0.3) is 0 Å². The molecule has 5 heteroatoms. The summed E-state index contributed by atoms with van der Waals surface area (Å²) in [6.07, 6.45) is 0.649. The summed E-state index contributed by atoms with van der Waals surface area (Å²) in [6, 6.07) is 26.1. The molecule has 0 aliphatic heterocycles. The number of ether oxygens (including phenoxy) is 3. The number of carbonyl (C=O) groups excluding carboxylic acids is 1. The van der Waals surface area contributed by atoms with Crippen molar-refractivity contribution >= 4 is 5.97 Å². The Morgan fingerprint density at radius 3 is 2.12 bits per heavy atom. The highest BCUT2D eigenvalue weighted by molar-refractivity contribution is 5.81. The molecule has 0 bridgehead atoms. The summed E-state index contributed by atoms with van der Waals surface area (Å²) >= 11 is 0. The molecule has 3 aromatic rings. The van der Waals surface area contributed by atoms with Gasteiger partial charge in [0.05, 0.1) is 6.61 Å². The third-order valence-electron chi connectivity index (χ3n) is 5.45. The Bertz CT molecular complexity index is 972. The average molecular weight is 449 g/mol. The number of carbonyl (C=O) groups is 1. The maximum atomic E-state index is 13.2. The molecule has 0 aliphatic carbocycles. The van der Waals surface area contributed by atoms with Crippen LogP contribution in [0.2, 0.25) is 0 Å². The Balaban J connectivity index is 1.85. The van der Waals surface area contributed by atoms with Gasteiger partial charge < -0.3 is 19.3 Å². The Hall–Kier alpha value is -3.31. The third kappa shape index (κ3) is 6.36. The van der Waals surface area contributed by atoms with Crippen molar-refractivity contribution in [3.8, 4) is 11.5 Å². The number of hydrogen-bond acceptors (Lipinski definition) is 5. The second kappa shape index (κ2) is 12.1. The number of hydrogen-bond donors (Lipinski definition) is 1. The van der Waals surface area contributed by atoms with Crippen LogP contribution in [-0.4, -0.2) is 23.3 Å². The predicted octanol–water partition coefficient (Wildman–Crippen LogP) is 5.87. The average Bonchev–Trinajstić information content (AvgIpc) is 2.86. The number of para-hydroxylation sites is 1. The molecule has 0 radical (unpaired) electrons. The van der Waals surface area contributed by atoms with E-state index in [0.29, 0.717) is 36.5 Å². The lowest BCUT2D eigenvalue weighted by Gasteiger charge is -2.36. The summed E-state index contributed by atoms with van der Waals surface area (Å²) in [5.41, 5.74) is 0.0701. The first-order valence-corrected chi connectivity index (χ1v) is 11.4. The monoisotopic (exact) mass is 448 g/mol. The Labute approximate surface area is 195 Å². The molecule has 2 unspecified atom stereocenters. The van der Waals surface area contributed by atoms with Gasteiger partial charge in [-0.05, 0) is 48.7 Å². The van der Waals surface area contributed by atoms with Crippen molar-refractivity contribution in [2.24, 2.45) is 0 Å². The van der Waals surface area contributed by atoms with Crippen LogP contribution >= 0.6 is 0 Å². The first kappa shape index (κ1) is 24.3. The van der Waals surface area contributed by atoms with Crippen molar-refractivity contribution in [1.82, 2.24) is 0 Å². The van der Waals surface area contributed by atoms with Crippen LogP contribution in [0.3, 0.4) is 0 Å². The molecule has 174 valence electrons. The van der Waals surface area contributed by atoms with Gasteiger partial charge in [0.1, 0.15) is 24.2 Å². The zero-order valence-electron chi connectivity index (χ0n) is 19.3. The van der Waals surface area contributed by atoms with Gasteiger partial charge in [0.15, 0.2) is 0 Å². The van der Waals surface area contributed by atoms with E-state index in [1.54, 1.807) is 43.3 Å². The van der Waals surface area contributed by atoms with E-state index in [-0.39, 0.29) is 6.61 Å². The second-order valence-corrected chi connectivity index (χ2v) is 7.87. The van der Waals surface area contributed by atoms with Crippen LogP contribution in [0.15, 0.2) is 84.9 Å². The number of esters is 1. The highest BCUT2D eigenvalue weighted by Gasteiger charge is 2.49. The number of unbranched alkanes of at least 4 members (excludes halogenated alkanes) is 1. The quantitative estimate of drug-likeness (QED) is 0.351. The molecule has 3 rings (SSSR count). The highest BCUT2D eigenvalue weighted by Crippen LogP contribution is 2.37. The lowest BCUT2D eigenvalue weighted by Crippen LogP contribution is -2.51. The second-order valence-electron chi connectivity index (χ2n) is 7.87. The van der Waals surface area contributed by atoms with Crippen molar-refractivity contribution in [3.63, 3.8) is 0 Å². The van der Waals surface area contributed by atoms with E-state index in [1.165, 1.54) is 0 Å². The molecule has 3 aromatic carbocycles. The molecular weight excluding hydrogens is 416 g/mol. The number of aliphatic hydroxyl groups is 1. The molecule has 0 heterocycles. The third-order valence-corrected chi connectivity index (χ3v) is 5.45. The van der Waals surface area contributed by atoms with Crippen LogP contribution in [-0.2, 0) is 16.1 Å². The van der Waals surface area contributed by atoms with Crippen LogP contribution in [0, 0.1) is 0 Å². The van der Waals surface area contributed by atoms with Gasteiger partial charge in [0, 0.05) is 6.42 Å². The van der Waals surface area contributed by atoms with Crippen LogP contribution in [0.1, 0.15) is 50.3 Å². The van der Waals surface area contributed by atoms with E-state index in [1.807, 2.05) is 55.5 Å². The summed E-state index contributed by atoms with van der Waals surface area (Å²) in [7, 11) is 0. The molecular formula is C28H32O5. The van der Waals surface area contributed by atoms with E-state index < -0.39 is 17.7 Å². The summed E-state index contributed by atoms with van der Waals surface area (Å²) in [4.78, 5) is 13.2. The van der Waals surface area contributed by atoms with Gasteiger partial charge in [-0.15, -0.1) is 0 Å². The standard InChI is InChI=1S/C28H32O5/c1-3-5-20-28(27(30)31-4-2,33-25-14-10-7-11-15-25)26(29)23-16-18-24(19-17-23)32-21-22-12-8-6-9-13-22/h6-19,26,29H,3-5,20-21H2,1-2H3. The lowest BCUT2D eigenvalue weighted by molar-refractivity contribution is -0.175. The van der Waals surface area contributed by atoms with Gasteiger partial charge in [-0.25, -0.2) is 4.79 Å². The zero-order valence-corrected chi connectivity index (χ0v) is 19.3. The van der Waals surface area contributed by atoms with Crippen molar-refractivity contribution in [3.05, 3.63) is 96.1 Å². The van der Waals surface area contributed by atoms with Crippen LogP contribution in [0.5, 0.6) is 11.5 Å². The summed E-state index contributed by atoms with van der Waals surface area (Å²) in [5, 5.41) is 11.4. The predicted molar refractivity (Wildman–Crippen MR) is 128 cm³/mol. The van der Waals surface area contributed by atoms with Crippen LogP contribution in [0.25, 0.3) is 0 Å². The zero-order chi connectivity index (χ0) is 23.5. The minimum Gasteiger partial charge on any atom is -0.489 e. The van der Waals surface area contributed by atoms with Crippen LogP contribution in [0.4, 0.5) is 0 Å². The first-order chi connectivity index (χ1) is 16.1. The van der Waals surface area contributed by atoms with Crippen molar-refractivity contribution in [1.29, 1.82) is 0 Å². The molecule has 0 saturated heterocycles. The fourth-order valence-electron chi connectivity index (χ4n) is 3.65. The number of benzene rings is 3. The largest absolute Gasteiger partial charge is 0.489 e. The molecule has 5 nitrogen and oxygen atoms in total. The van der Waals surface area contributed by atoms with Gasteiger partial charge in [0.2, 0.25) is 5.60 Å². The summed E-state index contributed by atoms with van der Waals surface area (Å²) < 4.78 is 17.5. The normalized spacial score (nSPS) is 13.5. The molecule has 0 saturated carbocycles. The topological polar surface area (TPSA) is 65.0 Å². The van der Waals surface area contributed by atoms with Gasteiger partial charge in [-0.1, -0.05) is 74.0 Å². The van der Waals surface area contributed by atoms with E-state index in [0.717, 1.165) is 12.0 Å². The molecule has 0 aromatic heterocycles. The fourth-order valence-corrected chi connectivity index (χ4v) is 3.65. The molecule has 0 amide bonds. The highest BCUT2D eigenvalue weighted by atomic mass is 16.6. The minimum absolute atomic E-state index is 0.198. The van der Waals surface area contributed by atoms with E-state index >= 15 is 0 Å². The fraction of sp³-hybridized carbons (Fsp3) is 0.321. The van der Waals surface area contributed by atoms with E-state index in [4.69, 9.17) is 14.2 Å². The number of rotatable bonds is 12. The van der Waals surface area contributed by atoms with Crippen LogP contribution < -0.4 is 9.47 Å². The molecule has 0 spiro atoms. The molecule has 1 N–H and O–H groups in total. The Morgan fingerprint density at radius 1 is 0.879 bits per heavy atom. The van der Waals surface area contributed by atoms with Gasteiger partial charge >= 0.3 is 5.97 Å². The minimum atomic E-state index is -1.56. The molecule has 33 heavy (non-hydrogen) atoms. The lowest BCUT2D eigenvalue weighted by atomic mass is 9.85. The number of aliphatic hydroxyl groups excluding tert-OH is 1. The van der Waals surface area contributed by atoms with E-state index in [2.05, 4.69) is 0 Å². The van der Waals surface area contributed by atoms with Crippen molar-refractivity contribution < 1.29 is 24.1 Å². The van der Waals surface area contributed by atoms with Gasteiger partial charge in [-0.3, -0.25) is 0 Å². The first-order valence-electron chi connectivity index (χ1n) is 11.4. The SMILES string of the molecule is CCCCC(Oc1ccccc1)(C(=O)OCC)C(O)c1ccc(OCc2ccccc2)cc1. The summed E-state index contributed by atoms with van der Waals surface area (Å²) in [5.74, 6) is 0.608. The maximum absolute atomic E-state index is 13.2. The smallest absolute Gasteiger partial charge is 0.353 e. The van der Waals surface area contributed by atoms with Crippen molar-refractivity contribution in [2.45, 2.75) is 51.4 Å². The Kier molecular flexibility index (Phi) is 8.90. The van der Waals surface area contributed by atoms with E-state index in [9.17, 15) is 9.90 Å². The summed E-state index contributed by atoms with van der Waals surface area (Å²) in [6.45, 7) is 4.42. The molecule has 2 atom stereocenters. The molecule has 0 aliphatic rings. The molecule has 0 fully saturated rings. The van der Waals surface area contributed by atoms with Gasteiger partial charge in [-0.2, -0.15) is 0 Å². The Morgan fingerprint density at radius 2 is 1.52 bits per heavy atom. The van der Waals surface area contributed by atoms with Crippen molar-refractivity contribution in [2.75, 3.05) is 6.61 Å². The maximum Gasteiger partial charge on any atom is 0.353 e.